The van der Waals surface area contributed by atoms with Crippen molar-refractivity contribution in [2.45, 2.75) is 45.7 Å². The van der Waals surface area contributed by atoms with Crippen LogP contribution in [0.15, 0.2) is 0 Å². The Bertz CT molecular complexity index is 246. The molecule has 5 heteroatoms. The largest absolute Gasteiger partial charge is 0.357 e. The highest BCUT2D eigenvalue weighted by molar-refractivity contribution is 5.87. The summed E-state index contributed by atoms with van der Waals surface area (Å²) in [4.78, 5) is 22.6. The van der Waals surface area contributed by atoms with Gasteiger partial charge in [-0.15, -0.1) is 0 Å². The highest BCUT2D eigenvalue weighted by Gasteiger charge is 2.14. The molecule has 0 rings (SSSR count). The fourth-order valence-corrected chi connectivity index (χ4v) is 1.15. The summed E-state index contributed by atoms with van der Waals surface area (Å²) in [7, 11) is 1.55. The number of hydrogen-bond acceptors (Lipinski definition) is 3. The first kappa shape index (κ1) is 14.9. The number of likely N-dealkylation sites (N-methyl/N-ethyl adjacent to an activating group) is 1. The second-order valence-electron chi connectivity index (χ2n) is 4.83. The minimum atomic E-state index is -0.480. The lowest BCUT2D eigenvalue weighted by Gasteiger charge is -2.20. The van der Waals surface area contributed by atoms with E-state index in [-0.39, 0.29) is 17.4 Å². The summed E-state index contributed by atoms with van der Waals surface area (Å²) >= 11 is 0. The number of carbonyl (C=O) groups excluding carboxylic acids is 2. The molecule has 0 aromatic heterocycles. The molecule has 0 saturated carbocycles. The Kier molecular flexibility index (Phi) is 6.03. The third kappa shape index (κ3) is 7.23. The van der Waals surface area contributed by atoms with E-state index in [2.05, 4.69) is 16.0 Å². The lowest BCUT2D eigenvalue weighted by molar-refractivity contribution is -0.128. The van der Waals surface area contributed by atoms with Crippen molar-refractivity contribution in [2.24, 2.45) is 0 Å². The molecule has 3 N–H and O–H groups in total. The zero-order valence-corrected chi connectivity index (χ0v) is 10.8. The van der Waals surface area contributed by atoms with Gasteiger partial charge in [0.15, 0.2) is 0 Å². The van der Waals surface area contributed by atoms with Gasteiger partial charge in [0.2, 0.25) is 11.8 Å². The van der Waals surface area contributed by atoms with E-state index in [0.29, 0.717) is 13.0 Å². The number of rotatable bonds is 5. The number of carbonyl (C=O) groups is 2. The average molecular weight is 229 g/mol. The van der Waals surface area contributed by atoms with Gasteiger partial charge >= 0.3 is 0 Å². The van der Waals surface area contributed by atoms with E-state index in [1.54, 1.807) is 14.0 Å². The molecule has 94 valence electrons. The summed E-state index contributed by atoms with van der Waals surface area (Å²) in [6.45, 7) is 8.39. The monoisotopic (exact) mass is 229 g/mol. The first-order chi connectivity index (χ1) is 7.26. The molecule has 0 aromatic rings. The molecule has 0 fully saturated rings. The van der Waals surface area contributed by atoms with Crippen molar-refractivity contribution in [2.75, 3.05) is 13.6 Å². The third-order valence-electron chi connectivity index (χ3n) is 2.02. The molecule has 0 radical (unpaired) electrons. The zero-order chi connectivity index (χ0) is 12.8. The summed E-state index contributed by atoms with van der Waals surface area (Å²) in [6, 6.07) is -0.480. The molecule has 0 aromatic carbocycles. The summed E-state index contributed by atoms with van der Waals surface area (Å²) in [6.07, 6.45) is 0.374. The number of hydrogen-bond donors (Lipinski definition) is 3. The van der Waals surface area contributed by atoms with Crippen LogP contribution in [0.4, 0.5) is 0 Å². The lowest BCUT2D eigenvalue weighted by Crippen LogP contribution is -2.45. The van der Waals surface area contributed by atoms with Crippen LogP contribution in [-0.2, 0) is 9.59 Å². The predicted octanol–water partition coefficient (Wildman–Crippen LogP) is 0.0153. The van der Waals surface area contributed by atoms with E-state index in [0.717, 1.165) is 0 Å². The highest BCUT2D eigenvalue weighted by atomic mass is 16.2. The maximum Gasteiger partial charge on any atom is 0.242 e. The summed E-state index contributed by atoms with van der Waals surface area (Å²) in [5, 5.41) is 8.31. The van der Waals surface area contributed by atoms with E-state index in [9.17, 15) is 9.59 Å². The van der Waals surface area contributed by atoms with Crippen molar-refractivity contribution < 1.29 is 9.59 Å². The van der Waals surface area contributed by atoms with Crippen LogP contribution >= 0.6 is 0 Å². The molecule has 0 heterocycles. The van der Waals surface area contributed by atoms with Crippen molar-refractivity contribution in [3.8, 4) is 0 Å². The molecule has 16 heavy (non-hydrogen) atoms. The van der Waals surface area contributed by atoms with Crippen LogP contribution in [0, 0.1) is 0 Å². The molecule has 0 bridgehead atoms. The van der Waals surface area contributed by atoms with Crippen molar-refractivity contribution in [1.29, 1.82) is 0 Å². The van der Waals surface area contributed by atoms with Gasteiger partial charge in [-0.05, 0) is 27.7 Å². The molecule has 0 saturated heterocycles. The van der Waals surface area contributed by atoms with Gasteiger partial charge in [-0.3, -0.25) is 9.59 Å². The van der Waals surface area contributed by atoms with Crippen LogP contribution in [0.2, 0.25) is 0 Å². The van der Waals surface area contributed by atoms with Crippen LogP contribution in [0.5, 0.6) is 0 Å². The molecule has 0 aliphatic heterocycles. The first-order valence-corrected chi connectivity index (χ1v) is 5.52. The Balaban J connectivity index is 3.79. The topological polar surface area (TPSA) is 70.2 Å². The smallest absolute Gasteiger partial charge is 0.242 e. The SMILES string of the molecule is CNC(=O)C(C)NC(=O)CCNC(C)(C)C. The highest BCUT2D eigenvalue weighted by Crippen LogP contribution is 1.97. The quantitative estimate of drug-likeness (QED) is 0.622. The Hall–Kier alpha value is -1.10. The molecule has 5 nitrogen and oxygen atoms in total. The van der Waals surface area contributed by atoms with Crippen LogP contribution in [-0.4, -0.2) is 37.0 Å². The number of nitrogens with one attached hydrogen (secondary N) is 3. The molecule has 2 amide bonds. The molecular weight excluding hydrogens is 206 g/mol. The lowest BCUT2D eigenvalue weighted by atomic mass is 10.1. The number of amides is 2. The van der Waals surface area contributed by atoms with Gasteiger partial charge in [-0.25, -0.2) is 0 Å². The van der Waals surface area contributed by atoms with Crippen LogP contribution in [0.1, 0.15) is 34.1 Å². The minimum absolute atomic E-state index is 0.00664. The molecule has 1 unspecified atom stereocenters. The standard InChI is InChI=1S/C11H23N3O2/c1-8(10(16)12-5)14-9(15)6-7-13-11(2,3)4/h8,13H,6-7H2,1-5H3,(H,12,16)(H,14,15). The van der Waals surface area contributed by atoms with E-state index in [1.807, 2.05) is 20.8 Å². The Labute approximate surface area is 97.4 Å². The minimum Gasteiger partial charge on any atom is -0.357 e. The van der Waals surface area contributed by atoms with E-state index < -0.39 is 6.04 Å². The molecular formula is C11H23N3O2. The fraction of sp³-hybridized carbons (Fsp3) is 0.818. The van der Waals surface area contributed by atoms with Gasteiger partial charge in [0, 0.05) is 25.6 Å². The molecule has 0 aliphatic rings. The summed E-state index contributed by atoms with van der Waals surface area (Å²) in [5.74, 6) is -0.301. The van der Waals surface area contributed by atoms with Gasteiger partial charge in [0.25, 0.3) is 0 Å². The maximum absolute atomic E-state index is 11.4. The molecule has 0 aliphatic carbocycles. The van der Waals surface area contributed by atoms with E-state index >= 15 is 0 Å². The maximum atomic E-state index is 11.4. The van der Waals surface area contributed by atoms with Gasteiger partial charge < -0.3 is 16.0 Å². The summed E-state index contributed by atoms with van der Waals surface area (Å²) < 4.78 is 0. The Morgan fingerprint density at radius 3 is 2.25 bits per heavy atom. The van der Waals surface area contributed by atoms with Crippen molar-refractivity contribution in [3.05, 3.63) is 0 Å². The molecule has 1 atom stereocenters. The van der Waals surface area contributed by atoms with E-state index in [4.69, 9.17) is 0 Å². The van der Waals surface area contributed by atoms with Crippen molar-refractivity contribution in [1.82, 2.24) is 16.0 Å². The van der Waals surface area contributed by atoms with Gasteiger partial charge in [0.05, 0.1) is 0 Å². The van der Waals surface area contributed by atoms with Gasteiger partial charge in [-0.2, -0.15) is 0 Å². The zero-order valence-electron chi connectivity index (χ0n) is 10.8. The Morgan fingerprint density at radius 2 is 1.81 bits per heavy atom. The van der Waals surface area contributed by atoms with E-state index in [1.165, 1.54) is 0 Å². The van der Waals surface area contributed by atoms with Crippen LogP contribution < -0.4 is 16.0 Å². The molecule has 0 spiro atoms. The fourth-order valence-electron chi connectivity index (χ4n) is 1.15. The first-order valence-electron chi connectivity index (χ1n) is 5.52. The normalized spacial score (nSPS) is 13.1. The van der Waals surface area contributed by atoms with Crippen molar-refractivity contribution >= 4 is 11.8 Å². The van der Waals surface area contributed by atoms with Crippen LogP contribution in [0.3, 0.4) is 0 Å². The second-order valence-corrected chi connectivity index (χ2v) is 4.83. The van der Waals surface area contributed by atoms with Gasteiger partial charge in [0.1, 0.15) is 6.04 Å². The predicted molar refractivity (Wildman–Crippen MR) is 64.0 cm³/mol. The Morgan fingerprint density at radius 1 is 1.25 bits per heavy atom. The summed E-state index contributed by atoms with van der Waals surface area (Å²) in [5.41, 5.74) is 0.00664. The third-order valence-corrected chi connectivity index (χ3v) is 2.02. The van der Waals surface area contributed by atoms with Gasteiger partial charge in [-0.1, -0.05) is 0 Å². The average Bonchev–Trinajstić information content (AvgIpc) is 2.14. The second kappa shape index (κ2) is 6.48. The van der Waals surface area contributed by atoms with Crippen molar-refractivity contribution in [3.63, 3.8) is 0 Å². The van der Waals surface area contributed by atoms with Crippen LogP contribution in [0.25, 0.3) is 0 Å².